The molecular weight excluding hydrogens is 344 g/mol. The summed E-state index contributed by atoms with van der Waals surface area (Å²) in [7, 11) is 0. The quantitative estimate of drug-likeness (QED) is 0.626. The topological polar surface area (TPSA) is 76.0 Å². The smallest absolute Gasteiger partial charge is 0.278 e. The second kappa shape index (κ2) is 5.82. The van der Waals surface area contributed by atoms with Crippen LogP contribution in [0.15, 0.2) is 59.8 Å². The molecule has 0 N–H and O–H groups in total. The van der Waals surface area contributed by atoms with E-state index >= 15 is 0 Å². The molecular formula is C18H11ClN2O4. The van der Waals surface area contributed by atoms with Crippen LogP contribution in [-0.2, 0) is 14.4 Å². The summed E-state index contributed by atoms with van der Waals surface area (Å²) in [5.41, 5.74) is 0.714. The Morgan fingerprint density at radius 2 is 1.68 bits per heavy atom. The second-order valence-electron chi connectivity index (χ2n) is 5.66. The maximum atomic E-state index is 12.8. The van der Waals surface area contributed by atoms with E-state index in [9.17, 15) is 14.4 Å². The first-order chi connectivity index (χ1) is 12.1. The van der Waals surface area contributed by atoms with E-state index in [0.717, 1.165) is 4.90 Å². The number of oxime groups is 1. The minimum atomic E-state index is -1.11. The fourth-order valence-corrected chi connectivity index (χ4v) is 3.07. The number of rotatable bonds is 3. The third-order valence-electron chi connectivity index (χ3n) is 4.17. The molecule has 124 valence electrons. The summed E-state index contributed by atoms with van der Waals surface area (Å²) in [5, 5.41) is 4.20. The molecule has 6 nitrogen and oxygen atoms in total. The number of anilines is 1. The van der Waals surface area contributed by atoms with E-state index in [1.54, 1.807) is 54.6 Å². The molecule has 4 rings (SSSR count). The molecule has 0 aliphatic carbocycles. The third kappa shape index (κ3) is 2.42. The molecule has 2 atom stereocenters. The van der Waals surface area contributed by atoms with Crippen molar-refractivity contribution in [1.29, 1.82) is 0 Å². The molecule has 2 aliphatic heterocycles. The summed E-state index contributed by atoms with van der Waals surface area (Å²) in [4.78, 5) is 44.1. The highest BCUT2D eigenvalue weighted by Gasteiger charge is 2.57. The van der Waals surface area contributed by atoms with E-state index in [-0.39, 0.29) is 5.71 Å². The summed E-state index contributed by atoms with van der Waals surface area (Å²) < 4.78 is 0. The summed E-state index contributed by atoms with van der Waals surface area (Å²) in [6.07, 6.45) is -1.11. The van der Waals surface area contributed by atoms with E-state index in [0.29, 0.717) is 16.3 Å². The van der Waals surface area contributed by atoms with Gasteiger partial charge in [0.05, 0.1) is 5.69 Å². The number of nitrogens with zero attached hydrogens (tertiary/aromatic N) is 2. The minimum absolute atomic E-state index is 0.0500. The van der Waals surface area contributed by atoms with Crippen LogP contribution in [-0.4, -0.2) is 29.4 Å². The van der Waals surface area contributed by atoms with Crippen molar-refractivity contribution in [3.8, 4) is 0 Å². The first-order valence-electron chi connectivity index (χ1n) is 7.55. The Hall–Kier alpha value is -2.99. The van der Waals surface area contributed by atoms with Crippen LogP contribution >= 0.6 is 11.6 Å². The van der Waals surface area contributed by atoms with E-state index in [4.69, 9.17) is 16.4 Å². The Morgan fingerprint density at radius 1 is 1.00 bits per heavy atom. The highest BCUT2D eigenvalue weighted by Crippen LogP contribution is 2.34. The van der Waals surface area contributed by atoms with Crippen molar-refractivity contribution in [3.05, 3.63) is 65.2 Å². The molecule has 1 fully saturated rings. The van der Waals surface area contributed by atoms with Gasteiger partial charge in [0.15, 0.2) is 0 Å². The molecule has 7 heteroatoms. The van der Waals surface area contributed by atoms with Gasteiger partial charge in [-0.15, -0.1) is 0 Å². The van der Waals surface area contributed by atoms with Gasteiger partial charge in [-0.3, -0.25) is 14.4 Å². The predicted molar refractivity (Wildman–Crippen MR) is 90.5 cm³/mol. The number of Topliss-reactive ketones (excluding diaryl/α,β-unsaturated/α-hetero) is 1. The van der Waals surface area contributed by atoms with Gasteiger partial charge in [0, 0.05) is 10.6 Å². The average molecular weight is 355 g/mol. The van der Waals surface area contributed by atoms with Gasteiger partial charge in [-0.2, -0.15) is 0 Å². The fourth-order valence-electron chi connectivity index (χ4n) is 2.95. The standard InChI is InChI=1S/C18H11ClN2O4/c19-11-6-8-12(9-7-11)21-17(23)13-14(20-25-16(13)18(21)24)15(22)10-4-2-1-3-5-10/h1-9,13,16H/t13-,16+/m0/s1. The molecule has 2 amide bonds. The van der Waals surface area contributed by atoms with Crippen LogP contribution in [0, 0.1) is 5.92 Å². The van der Waals surface area contributed by atoms with Crippen molar-refractivity contribution in [2.75, 3.05) is 4.90 Å². The van der Waals surface area contributed by atoms with Crippen molar-refractivity contribution in [1.82, 2.24) is 0 Å². The van der Waals surface area contributed by atoms with Gasteiger partial charge in [0.1, 0.15) is 11.6 Å². The molecule has 1 saturated heterocycles. The number of fused-ring (bicyclic) bond motifs is 1. The van der Waals surface area contributed by atoms with Crippen LogP contribution in [0.2, 0.25) is 5.02 Å². The normalized spacial score (nSPS) is 21.8. The lowest BCUT2D eigenvalue weighted by atomic mass is 9.93. The van der Waals surface area contributed by atoms with Gasteiger partial charge in [0.2, 0.25) is 17.8 Å². The first-order valence-corrected chi connectivity index (χ1v) is 7.92. The monoisotopic (exact) mass is 354 g/mol. The highest BCUT2D eigenvalue weighted by molar-refractivity contribution is 6.52. The first kappa shape index (κ1) is 15.5. The van der Waals surface area contributed by atoms with Gasteiger partial charge in [-0.05, 0) is 24.3 Å². The SMILES string of the molecule is O=C(C1=NO[C@H]2C(=O)N(c3ccc(Cl)cc3)C(=O)[C@@H]12)c1ccccc1. The second-order valence-corrected chi connectivity index (χ2v) is 6.10. The van der Waals surface area contributed by atoms with Gasteiger partial charge in [-0.25, -0.2) is 4.90 Å². The van der Waals surface area contributed by atoms with Gasteiger partial charge >= 0.3 is 0 Å². The lowest BCUT2D eigenvalue weighted by Gasteiger charge is -2.15. The maximum Gasteiger partial charge on any atom is 0.278 e. The highest BCUT2D eigenvalue weighted by atomic mass is 35.5. The summed E-state index contributed by atoms with van der Waals surface area (Å²) in [6, 6.07) is 14.7. The van der Waals surface area contributed by atoms with Crippen LogP contribution in [0.1, 0.15) is 10.4 Å². The molecule has 0 unspecified atom stereocenters. The number of imide groups is 1. The fraction of sp³-hybridized carbons (Fsp3) is 0.111. The Kier molecular flexibility index (Phi) is 3.62. The lowest BCUT2D eigenvalue weighted by Crippen LogP contribution is -2.34. The zero-order chi connectivity index (χ0) is 17.6. The van der Waals surface area contributed by atoms with E-state index in [1.165, 1.54) is 0 Å². The third-order valence-corrected chi connectivity index (χ3v) is 4.42. The Bertz CT molecular complexity index is 908. The number of carbonyl (C=O) groups is 3. The molecule has 2 heterocycles. The van der Waals surface area contributed by atoms with E-state index < -0.39 is 29.6 Å². The molecule has 0 aromatic heterocycles. The Balaban J connectivity index is 1.67. The molecule has 0 saturated carbocycles. The zero-order valence-electron chi connectivity index (χ0n) is 12.8. The van der Waals surface area contributed by atoms with Crippen molar-refractivity contribution < 1.29 is 19.2 Å². The number of benzene rings is 2. The summed E-state index contributed by atoms with van der Waals surface area (Å²) in [6.45, 7) is 0. The van der Waals surface area contributed by atoms with Gasteiger partial charge in [-0.1, -0.05) is 47.1 Å². The lowest BCUT2D eigenvalue weighted by molar-refractivity contribution is -0.126. The van der Waals surface area contributed by atoms with Crippen molar-refractivity contribution >= 4 is 40.6 Å². The minimum Gasteiger partial charge on any atom is -0.381 e. The van der Waals surface area contributed by atoms with Crippen LogP contribution < -0.4 is 4.90 Å². The number of carbonyl (C=O) groups excluding carboxylic acids is 3. The van der Waals surface area contributed by atoms with Crippen molar-refractivity contribution in [3.63, 3.8) is 0 Å². The van der Waals surface area contributed by atoms with Crippen molar-refractivity contribution in [2.45, 2.75) is 6.10 Å². The summed E-state index contributed by atoms with van der Waals surface area (Å²) >= 11 is 5.84. The molecule has 25 heavy (non-hydrogen) atoms. The van der Waals surface area contributed by atoms with Crippen LogP contribution in [0.4, 0.5) is 5.69 Å². The van der Waals surface area contributed by atoms with E-state index in [2.05, 4.69) is 5.16 Å². The largest absolute Gasteiger partial charge is 0.381 e. The van der Waals surface area contributed by atoms with Gasteiger partial charge in [0.25, 0.3) is 5.91 Å². The molecule has 2 aromatic carbocycles. The molecule has 0 radical (unpaired) electrons. The number of hydrogen-bond donors (Lipinski definition) is 0. The van der Waals surface area contributed by atoms with Crippen molar-refractivity contribution in [2.24, 2.45) is 11.1 Å². The van der Waals surface area contributed by atoms with Gasteiger partial charge < -0.3 is 4.84 Å². The molecule has 2 aromatic rings. The Labute approximate surface area is 147 Å². The number of ketones is 1. The van der Waals surface area contributed by atoms with Crippen LogP contribution in [0.3, 0.4) is 0 Å². The average Bonchev–Trinajstić information content (AvgIpc) is 3.17. The molecule has 0 spiro atoms. The molecule has 2 aliphatic rings. The van der Waals surface area contributed by atoms with Crippen LogP contribution in [0.25, 0.3) is 0 Å². The number of amides is 2. The summed E-state index contributed by atoms with van der Waals surface area (Å²) in [5.74, 6) is -2.53. The number of hydrogen-bond acceptors (Lipinski definition) is 5. The molecule has 0 bridgehead atoms. The zero-order valence-corrected chi connectivity index (χ0v) is 13.5. The maximum absolute atomic E-state index is 12.8. The van der Waals surface area contributed by atoms with Crippen LogP contribution in [0.5, 0.6) is 0 Å². The van der Waals surface area contributed by atoms with E-state index in [1.807, 2.05) is 0 Å². The number of halogens is 1. The predicted octanol–water partition coefficient (Wildman–Crippen LogP) is 2.47. The Morgan fingerprint density at radius 3 is 2.36 bits per heavy atom.